The average Bonchev–Trinajstić information content (AvgIpc) is 2.44. The summed E-state index contributed by atoms with van der Waals surface area (Å²) < 4.78 is 12.9. The minimum atomic E-state index is -1.44. The van der Waals surface area contributed by atoms with E-state index in [0.29, 0.717) is 0 Å². The van der Waals surface area contributed by atoms with Crippen molar-refractivity contribution >= 4 is 34.7 Å². The van der Waals surface area contributed by atoms with Crippen molar-refractivity contribution in [1.82, 2.24) is 0 Å². The molecule has 0 amide bonds. The number of benzene rings is 3. The van der Waals surface area contributed by atoms with E-state index >= 15 is 0 Å². The van der Waals surface area contributed by atoms with Gasteiger partial charge in [-0.2, -0.15) is 0 Å². The van der Waals surface area contributed by atoms with Crippen molar-refractivity contribution in [2.75, 3.05) is 0 Å². The molecule has 1 nitrogen and oxygen atoms in total. The predicted molar refractivity (Wildman–Crippen MR) is 88.4 cm³/mol. The maximum Gasteiger partial charge on any atom is 0.382 e. The second kappa shape index (κ2) is 4.68. The van der Waals surface area contributed by atoms with E-state index in [1.807, 2.05) is 39.0 Å². The van der Waals surface area contributed by atoms with Crippen LogP contribution in [0.5, 0.6) is 0 Å². The fourth-order valence-electron chi connectivity index (χ4n) is 2.56. The second-order valence-corrected chi connectivity index (χ2v) is 8.54. The van der Waals surface area contributed by atoms with E-state index in [1.54, 1.807) is 0 Å². The van der Waals surface area contributed by atoms with Crippen molar-refractivity contribution in [1.29, 1.82) is 0 Å². The molecule has 0 bridgehead atoms. The first-order valence-corrected chi connectivity index (χ1v) is 8.12. The zero-order valence-electron chi connectivity index (χ0n) is 12.1. The molecule has 1 unspecified atom stereocenters. The molecule has 1 atom stereocenters. The molecule has 0 N–H and O–H groups in total. The van der Waals surface area contributed by atoms with Crippen LogP contribution in [0.2, 0.25) is 0 Å². The summed E-state index contributed by atoms with van der Waals surface area (Å²) in [7, 11) is -1.44. The summed E-state index contributed by atoms with van der Waals surface area (Å²) in [6.45, 7) is 6.11. The van der Waals surface area contributed by atoms with Gasteiger partial charge in [0.2, 0.25) is 0 Å². The molecule has 2 heteroatoms. The highest BCUT2D eigenvalue weighted by Gasteiger charge is 2.38. The van der Waals surface area contributed by atoms with E-state index in [2.05, 4.69) is 36.4 Å². The van der Waals surface area contributed by atoms with E-state index in [9.17, 15) is 4.57 Å². The minimum absolute atomic E-state index is 0.222. The molecule has 0 heterocycles. The summed E-state index contributed by atoms with van der Waals surface area (Å²) in [5, 5.41) is 5.44. The molecule has 0 aromatic heterocycles. The number of hydrogen-bond acceptors (Lipinski definition) is 1. The molecule has 3 rings (SSSR count). The van der Waals surface area contributed by atoms with Crippen LogP contribution in [0, 0.1) is 0 Å². The Hall–Kier alpha value is -1.72. The Morgan fingerprint density at radius 2 is 1.35 bits per heavy atom. The van der Waals surface area contributed by atoms with Crippen LogP contribution >= 0.6 is 7.80 Å². The molecule has 0 aliphatic heterocycles. The van der Waals surface area contributed by atoms with Gasteiger partial charge in [-0.05, 0) is 49.1 Å². The van der Waals surface area contributed by atoms with Gasteiger partial charge in [0, 0.05) is 5.39 Å². The molecule has 0 aliphatic carbocycles. The Balaban J connectivity index is 2.44. The Morgan fingerprint density at radius 1 is 0.800 bits per heavy atom. The Labute approximate surface area is 120 Å². The fraction of sp³-hybridized carbons (Fsp3) is 0.222. The molecule has 0 saturated heterocycles. The van der Waals surface area contributed by atoms with E-state index in [4.69, 9.17) is 0 Å². The number of rotatable bonds is 1. The van der Waals surface area contributed by atoms with Crippen LogP contribution < -0.4 is 5.30 Å². The molecule has 0 saturated carbocycles. The van der Waals surface area contributed by atoms with Gasteiger partial charge in [0.15, 0.2) is 10.5 Å². The smallest absolute Gasteiger partial charge is 0.0674 e. The minimum Gasteiger partial charge on any atom is -0.0674 e. The Morgan fingerprint density at radius 3 is 2.00 bits per heavy atom. The summed E-state index contributed by atoms with van der Waals surface area (Å²) in [5.41, 5.74) is 0. The van der Waals surface area contributed by atoms with Crippen LogP contribution in [0.3, 0.4) is 0 Å². The highest BCUT2D eigenvalue weighted by Crippen LogP contribution is 2.40. The summed E-state index contributed by atoms with van der Waals surface area (Å²) in [6, 6.07) is 18.7. The molecule has 0 radical (unpaired) electrons. The Bertz CT molecular complexity index is 812. The number of fused-ring (bicyclic) bond motifs is 3. The zero-order valence-corrected chi connectivity index (χ0v) is 12.9. The van der Waals surface area contributed by atoms with Crippen LogP contribution in [0.25, 0.3) is 21.5 Å². The van der Waals surface area contributed by atoms with Gasteiger partial charge in [0.05, 0.1) is 0 Å². The lowest BCUT2D eigenvalue weighted by atomic mass is 10.0. The maximum atomic E-state index is 12.9. The summed E-state index contributed by atoms with van der Waals surface area (Å²) in [6.07, 6.45) is 0. The van der Waals surface area contributed by atoms with Crippen molar-refractivity contribution in [3.8, 4) is 0 Å². The van der Waals surface area contributed by atoms with Crippen molar-refractivity contribution in [2.45, 2.75) is 25.9 Å². The van der Waals surface area contributed by atoms with Gasteiger partial charge in [-0.1, -0.05) is 47.0 Å². The lowest BCUT2D eigenvalue weighted by Crippen LogP contribution is -2.15. The molecule has 100 valence electrons. The third kappa shape index (κ3) is 2.13. The molecular formula is C18H18OP+. The highest BCUT2D eigenvalue weighted by molar-refractivity contribution is 7.55. The lowest BCUT2D eigenvalue weighted by molar-refractivity contribution is 0.572. The topological polar surface area (TPSA) is 17.1 Å². The van der Waals surface area contributed by atoms with Crippen molar-refractivity contribution in [2.24, 2.45) is 0 Å². The monoisotopic (exact) mass is 281 g/mol. The van der Waals surface area contributed by atoms with Crippen LogP contribution in [-0.4, -0.2) is 5.16 Å². The van der Waals surface area contributed by atoms with Crippen molar-refractivity contribution in [3.63, 3.8) is 0 Å². The molecule has 0 spiro atoms. The van der Waals surface area contributed by atoms with Gasteiger partial charge in [0.1, 0.15) is 0 Å². The quantitative estimate of drug-likeness (QED) is 0.440. The normalized spacial score (nSPS) is 12.8. The number of hydrogen-bond donors (Lipinski definition) is 0. The standard InChI is InChI=1S/C18H18OP/c1-18(2,3)20(19)17-12-13-8-4-5-9-14(13)15-10-6-7-11-16(15)17/h4-12H,1-3H3/q+1. The van der Waals surface area contributed by atoms with E-state index in [1.165, 1.54) is 10.8 Å². The summed E-state index contributed by atoms with van der Waals surface area (Å²) >= 11 is 0. The first-order valence-electron chi connectivity index (χ1n) is 6.86. The molecule has 0 aliphatic rings. The van der Waals surface area contributed by atoms with E-state index in [-0.39, 0.29) is 5.16 Å². The van der Waals surface area contributed by atoms with Crippen LogP contribution in [0.4, 0.5) is 0 Å². The van der Waals surface area contributed by atoms with Gasteiger partial charge in [-0.3, -0.25) is 0 Å². The molecule has 3 aromatic rings. The third-order valence-electron chi connectivity index (χ3n) is 3.57. The van der Waals surface area contributed by atoms with Gasteiger partial charge in [-0.25, -0.2) is 0 Å². The van der Waals surface area contributed by atoms with Gasteiger partial charge in [-0.15, -0.1) is 0 Å². The van der Waals surface area contributed by atoms with E-state index < -0.39 is 7.80 Å². The lowest BCUT2D eigenvalue weighted by Gasteiger charge is -2.09. The first-order chi connectivity index (χ1) is 9.48. The van der Waals surface area contributed by atoms with Crippen LogP contribution in [0.1, 0.15) is 20.8 Å². The predicted octanol–water partition coefficient (Wildman–Crippen LogP) is 5.24. The van der Waals surface area contributed by atoms with Gasteiger partial charge >= 0.3 is 7.80 Å². The van der Waals surface area contributed by atoms with Crippen molar-refractivity contribution in [3.05, 3.63) is 54.6 Å². The second-order valence-electron chi connectivity index (χ2n) is 6.13. The SMILES string of the molecule is CC(C)(C)[P+](=O)c1cc2ccccc2c2ccccc12. The third-order valence-corrected chi connectivity index (χ3v) is 5.60. The molecular weight excluding hydrogens is 263 g/mol. The zero-order chi connectivity index (χ0) is 14.3. The Kier molecular flexibility index (Phi) is 3.11. The summed E-state index contributed by atoms with van der Waals surface area (Å²) in [5.74, 6) is 0. The van der Waals surface area contributed by atoms with Gasteiger partial charge in [0.25, 0.3) is 0 Å². The van der Waals surface area contributed by atoms with Crippen LogP contribution in [-0.2, 0) is 4.57 Å². The largest absolute Gasteiger partial charge is 0.382 e. The molecule has 3 aromatic carbocycles. The highest BCUT2D eigenvalue weighted by atomic mass is 31.1. The maximum absolute atomic E-state index is 12.9. The fourth-order valence-corrected chi connectivity index (χ4v) is 3.96. The van der Waals surface area contributed by atoms with Gasteiger partial charge < -0.3 is 0 Å². The first kappa shape index (κ1) is 13.3. The average molecular weight is 281 g/mol. The molecule has 0 fully saturated rings. The van der Waals surface area contributed by atoms with Crippen LogP contribution in [0.15, 0.2) is 54.6 Å². The van der Waals surface area contributed by atoms with Crippen molar-refractivity contribution < 1.29 is 4.57 Å². The summed E-state index contributed by atoms with van der Waals surface area (Å²) in [4.78, 5) is 0. The van der Waals surface area contributed by atoms with E-state index in [0.717, 1.165) is 16.1 Å². The molecule has 20 heavy (non-hydrogen) atoms.